The highest BCUT2D eigenvalue weighted by Crippen LogP contribution is 2.16. The van der Waals surface area contributed by atoms with E-state index in [1.54, 1.807) is 24.3 Å². The van der Waals surface area contributed by atoms with E-state index in [-0.39, 0.29) is 0 Å². The van der Waals surface area contributed by atoms with Gasteiger partial charge in [0.2, 0.25) is 18.2 Å². The molecule has 2 aromatic carbocycles. The van der Waals surface area contributed by atoms with Crippen LogP contribution in [0.2, 0.25) is 0 Å². The molecule has 23 heavy (non-hydrogen) atoms. The van der Waals surface area contributed by atoms with Crippen LogP contribution < -0.4 is 0 Å². The van der Waals surface area contributed by atoms with Gasteiger partial charge in [-0.15, -0.1) is 0 Å². The zero-order valence-electron chi connectivity index (χ0n) is 12.2. The number of aryl methyl sites for hydroxylation is 2. The average molecular weight is 307 g/mol. The van der Waals surface area contributed by atoms with Gasteiger partial charge in [0.05, 0.1) is 11.4 Å². The highest BCUT2D eigenvalue weighted by Gasteiger charge is 1.97. The first-order valence-corrected chi connectivity index (χ1v) is 6.61. The molecule has 2 rings (SSSR count). The summed E-state index contributed by atoms with van der Waals surface area (Å²) < 4.78 is 0. The minimum atomic E-state index is 0.611. The van der Waals surface area contributed by atoms with E-state index in [0.717, 1.165) is 18.9 Å². The Morgan fingerprint density at radius 1 is 0.696 bits per heavy atom. The van der Waals surface area contributed by atoms with E-state index in [9.17, 15) is 9.59 Å². The van der Waals surface area contributed by atoms with E-state index < -0.39 is 0 Å². The number of nitrogens with one attached hydrogen (secondary N) is 1. The van der Waals surface area contributed by atoms with Crippen molar-refractivity contribution in [2.24, 2.45) is 9.98 Å². The number of isocyanates is 3. The summed E-state index contributed by atoms with van der Waals surface area (Å²) in [4.78, 5) is 35.7. The first-order chi connectivity index (χ1) is 11.2. The predicted octanol–water partition coefficient (Wildman–Crippen LogP) is 3.31. The van der Waals surface area contributed by atoms with Gasteiger partial charge < -0.3 is 0 Å². The van der Waals surface area contributed by atoms with Crippen LogP contribution in [-0.2, 0) is 27.2 Å². The van der Waals surface area contributed by atoms with Gasteiger partial charge in [0.1, 0.15) is 0 Å². The second kappa shape index (κ2) is 10.3. The summed E-state index contributed by atoms with van der Waals surface area (Å²) in [6, 6.07) is 15.0. The van der Waals surface area contributed by atoms with Crippen LogP contribution in [0.25, 0.3) is 0 Å². The van der Waals surface area contributed by atoms with Crippen molar-refractivity contribution >= 4 is 29.6 Å². The van der Waals surface area contributed by atoms with Crippen molar-refractivity contribution in [1.29, 1.82) is 5.41 Å². The van der Waals surface area contributed by atoms with Gasteiger partial charge in [0.25, 0.3) is 0 Å². The molecule has 6 heteroatoms. The molecule has 0 aliphatic rings. The van der Waals surface area contributed by atoms with Gasteiger partial charge in [-0.1, -0.05) is 24.3 Å². The van der Waals surface area contributed by atoms with E-state index in [1.807, 2.05) is 24.3 Å². The van der Waals surface area contributed by atoms with Gasteiger partial charge in [-0.05, 0) is 48.2 Å². The molecule has 0 bridgehead atoms. The largest absolute Gasteiger partial charge is 0.240 e. The zero-order chi connectivity index (χ0) is 16.9. The molecular formula is C17H13N3O3. The molecule has 0 saturated carbocycles. The monoisotopic (exact) mass is 307 g/mol. The maximum Gasteiger partial charge on any atom is 0.240 e. The Morgan fingerprint density at radius 3 is 1.26 bits per heavy atom. The van der Waals surface area contributed by atoms with Crippen molar-refractivity contribution < 1.29 is 14.4 Å². The summed E-state index contributed by atoms with van der Waals surface area (Å²) in [5.41, 5.74) is 3.56. The zero-order valence-corrected chi connectivity index (χ0v) is 12.2. The van der Waals surface area contributed by atoms with E-state index in [0.29, 0.717) is 11.4 Å². The summed E-state index contributed by atoms with van der Waals surface area (Å²) >= 11 is 0. The second-order valence-electron chi connectivity index (χ2n) is 4.34. The Hall–Kier alpha value is -3.42. The average Bonchev–Trinajstić information content (AvgIpc) is 2.57. The Labute approximate surface area is 132 Å². The normalized spacial score (nSPS) is 8.52. The number of hydrogen-bond donors (Lipinski definition) is 1. The number of carbonyl (C=O) groups excluding carboxylic acids is 3. The van der Waals surface area contributed by atoms with Gasteiger partial charge >= 0.3 is 0 Å². The van der Waals surface area contributed by atoms with E-state index in [2.05, 4.69) is 9.98 Å². The second-order valence-corrected chi connectivity index (χ2v) is 4.34. The smallest absolute Gasteiger partial charge is 0.222 e. The number of hydrogen-bond acceptors (Lipinski definition) is 6. The topological polar surface area (TPSA) is 99.8 Å². The van der Waals surface area contributed by atoms with Crippen molar-refractivity contribution in [1.82, 2.24) is 0 Å². The number of aliphatic imine (C=N–C) groups is 2. The molecule has 0 radical (unpaired) electrons. The summed E-state index contributed by atoms with van der Waals surface area (Å²) in [5.74, 6) is 0. The van der Waals surface area contributed by atoms with Crippen molar-refractivity contribution in [3.8, 4) is 0 Å². The van der Waals surface area contributed by atoms with E-state index in [1.165, 1.54) is 23.3 Å². The molecule has 0 unspecified atom stereocenters. The highest BCUT2D eigenvalue weighted by atomic mass is 16.1. The molecule has 0 atom stereocenters. The standard InChI is InChI=1S/C16H12N2O2.CHNO/c19-11-17-15-7-3-13(4-8-15)1-2-14-5-9-16(10-6-14)18-12-20;2-1-3/h3-10H,1-2H2;2H. The number of nitrogens with zero attached hydrogens (tertiary/aromatic N) is 2. The molecule has 2 aromatic rings. The third kappa shape index (κ3) is 6.71. The Kier molecular flexibility index (Phi) is 7.92. The van der Waals surface area contributed by atoms with Gasteiger partial charge in [0.15, 0.2) is 0 Å². The maximum atomic E-state index is 10.1. The van der Waals surface area contributed by atoms with Gasteiger partial charge in [-0.2, -0.15) is 9.98 Å². The fourth-order valence-electron chi connectivity index (χ4n) is 1.87. The molecule has 114 valence electrons. The van der Waals surface area contributed by atoms with Crippen molar-refractivity contribution in [3.05, 3.63) is 59.7 Å². The SMILES string of the molecule is N=C=O.O=C=Nc1ccc(CCc2ccc(N=C=O)cc2)cc1. The quantitative estimate of drug-likeness (QED) is 0.677. The van der Waals surface area contributed by atoms with Crippen LogP contribution in [0.15, 0.2) is 58.5 Å². The summed E-state index contributed by atoms with van der Waals surface area (Å²) in [5, 5.41) is 5.40. The highest BCUT2D eigenvalue weighted by molar-refractivity contribution is 5.50. The van der Waals surface area contributed by atoms with E-state index in [4.69, 9.17) is 10.2 Å². The van der Waals surface area contributed by atoms with Crippen molar-refractivity contribution in [3.63, 3.8) is 0 Å². The molecule has 0 aromatic heterocycles. The third-order valence-corrected chi connectivity index (χ3v) is 2.92. The molecular weight excluding hydrogens is 294 g/mol. The Balaban J connectivity index is 0.000000816. The first-order valence-electron chi connectivity index (χ1n) is 6.61. The number of benzene rings is 2. The molecule has 0 fully saturated rings. The minimum absolute atomic E-state index is 0.611. The van der Waals surface area contributed by atoms with Gasteiger partial charge in [0, 0.05) is 0 Å². The summed E-state index contributed by atoms with van der Waals surface area (Å²) in [6.45, 7) is 0. The summed E-state index contributed by atoms with van der Waals surface area (Å²) in [6.07, 6.45) is 5.56. The van der Waals surface area contributed by atoms with Crippen LogP contribution in [-0.4, -0.2) is 18.2 Å². The predicted molar refractivity (Wildman–Crippen MR) is 84.3 cm³/mol. The maximum absolute atomic E-state index is 10.1. The molecule has 0 heterocycles. The van der Waals surface area contributed by atoms with Gasteiger partial charge in [-0.3, -0.25) is 0 Å². The van der Waals surface area contributed by atoms with E-state index >= 15 is 0 Å². The van der Waals surface area contributed by atoms with Gasteiger partial charge in [-0.25, -0.2) is 19.8 Å². The summed E-state index contributed by atoms with van der Waals surface area (Å²) in [7, 11) is 0. The molecule has 0 aliphatic carbocycles. The molecule has 0 aliphatic heterocycles. The lowest BCUT2D eigenvalue weighted by atomic mass is 10.0. The van der Waals surface area contributed by atoms with Crippen LogP contribution in [0.3, 0.4) is 0 Å². The third-order valence-electron chi connectivity index (χ3n) is 2.92. The minimum Gasteiger partial charge on any atom is -0.222 e. The van der Waals surface area contributed by atoms with Crippen LogP contribution in [0.4, 0.5) is 11.4 Å². The fraction of sp³-hybridized carbons (Fsp3) is 0.118. The lowest BCUT2D eigenvalue weighted by Gasteiger charge is -2.03. The lowest BCUT2D eigenvalue weighted by Crippen LogP contribution is -1.90. The Bertz CT molecular complexity index is 687. The van der Waals surface area contributed by atoms with Crippen molar-refractivity contribution in [2.45, 2.75) is 12.8 Å². The van der Waals surface area contributed by atoms with Crippen LogP contribution >= 0.6 is 0 Å². The number of rotatable bonds is 5. The van der Waals surface area contributed by atoms with Crippen molar-refractivity contribution in [2.75, 3.05) is 0 Å². The molecule has 0 spiro atoms. The molecule has 0 amide bonds. The fourth-order valence-corrected chi connectivity index (χ4v) is 1.87. The van der Waals surface area contributed by atoms with Crippen LogP contribution in [0.1, 0.15) is 11.1 Å². The molecule has 0 saturated heterocycles. The lowest BCUT2D eigenvalue weighted by molar-refractivity contribution is 0.562. The molecule has 6 nitrogen and oxygen atoms in total. The Morgan fingerprint density at radius 2 is 1.00 bits per heavy atom. The molecule has 1 N–H and O–H groups in total. The van der Waals surface area contributed by atoms with Crippen LogP contribution in [0.5, 0.6) is 0 Å². The van der Waals surface area contributed by atoms with Crippen LogP contribution in [0, 0.1) is 5.41 Å². The first kappa shape index (κ1) is 17.6.